The molecule has 2 aromatic rings. The predicted molar refractivity (Wildman–Crippen MR) is 82.6 cm³/mol. The summed E-state index contributed by atoms with van der Waals surface area (Å²) in [4.78, 5) is 7.82. The van der Waals surface area contributed by atoms with E-state index in [-0.39, 0.29) is 0 Å². The van der Waals surface area contributed by atoms with Gasteiger partial charge in [-0.15, -0.1) is 0 Å². The van der Waals surface area contributed by atoms with E-state index >= 15 is 0 Å². The van der Waals surface area contributed by atoms with Gasteiger partial charge in [0.2, 0.25) is 5.88 Å². The molecule has 0 bridgehead atoms. The lowest BCUT2D eigenvalue weighted by atomic mass is 10.1. The standard InChI is InChI=1S/C16H18F3N3O2/c1-20-10-13-7-12(8-15(22-13)24-6-5-23-2)11-3-4-14(21-9-11)16(17,18)19/h3-4,7-9,20H,5-6,10H2,1-2H3. The average molecular weight is 341 g/mol. The van der Waals surface area contributed by atoms with Crippen molar-refractivity contribution >= 4 is 0 Å². The van der Waals surface area contributed by atoms with Crippen molar-refractivity contribution in [2.45, 2.75) is 12.7 Å². The number of hydrogen-bond donors (Lipinski definition) is 1. The van der Waals surface area contributed by atoms with Gasteiger partial charge in [-0.2, -0.15) is 13.2 Å². The molecule has 0 aromatic carbocycles. The molecule has 0 amide bonds. The summed E-state index contributed by atoms with van der Waals surface area (Å²) in [6.07, 6.45) is -3.26. The summed E-state index contributed by atoms with van der Waals surface area (Å²) < 4.78 is 48.3. The van der Waals surface area contributed by atoms with Gasteiger partial charge in [0, 0.05) is 31.5 Å². The maximum absolute atomic E-state index is 12.6. The van der Waals surface area contributed by atoms with Crippen molar-refractivity contribution in [3.05, 3.63) is 41.9 Å². The van der Waals surface area contributed by atoms with E-state index in [1.807, 2.05) is 0 Å². The van der Waals surface area contributed by atoms with E-state index in [1.54, 1.807) is 26.3 Å². The Morgan fingerprint density at radius 2 is 1.92 bits per heavy atom. The first-order valence-corrected chi connectivity index (χ1v) is 7.25. The Morgan fingerprint density at radius 3 is 2.50 bits per heavy atom. The molecule has 0 saturated heterocycles. The molecule has 130 valence electrons. The molecule has 0 unspecified atom stereocenters. The van der Waals surface area contributed by atoms with Crippen LogP contribution < -0.4 is 10.1 Å². The fourth-order valence-electron chi connectivity index (χ4n) is 2.03. The van der Waals surface area contributed by atoms with Crippen molar-refractivity contribution in [1.29, 1.82) is 0 Å². The molecule has 0 aliphatic carbocycles. The molecule has 0 aliphatic heterocycles. The topological polar surface area (TPSA) is 56.3 Å². The van der Waals surface area contributed by atoms with Gasteiger partial charge in [-0.3, -0.25) is 4.98 Å². The second-order valence-electron chi connectivity index (χ2n) is 4.99. The molecular formula is C16H18F3N3O2. The fraction of sp³-hybridized carbons (Fsp3) is 0.375. The number of halogens is 3. The molecule has 0 saturated carbocycles. The Hall–Kier alpha value is -2.19. The van der Waals surface area contributed by atoms with E-state index in [4.69, 9.17) is 9.47 Å². The first-order valence-electron chi connectivity index (χ1n) is 7.25. The second kappa shape index (κ2) is 8.07. The van der Waals surface area contributed by atoms with Gasteiger partial charge in [0.05, 0.1) is 12.3 Å². The number of nitrogens with zero attached hydrogens (tertiary/aromatic N) is 2. The molecule has 2 rings (SSSR count). The smallest absolute Gasteiger partial charge is 0.433 e. The molecule has 5 nitrogen and oxygen atoms in total. The summed E-state index contributed by atoms with van der Waals surface area (Å²) >= 11 is 0. The number of nitrogens with one attached hydrogen (secondary N) is 1. The lowest BCUT2D eigenvalue weighted by Gasteiger charge is -2.11. The molecule has 0 atom stereocenters. The minimum Gasteiger partial charge on any atom is -0.475 e. The third kappa shape index (κ3) is 4.90. The van der Waals surface area contributed by atoms with E-state index < -0.39 is 11.9 Å². The van der Waals surface area contributed by atoms with Gasteiger partial charge in [-0.05, 0) is 24.7 Å². The SMILES string of the molecule is CNCc1cc(-c2ccc(C(F)(F)F)nc2)cc(OCCOC)n1. The summed E-state index contributed by atoms with van der Waals surface area (Å²) in [6.45, 7) is 1.24. The highest BCUT2D eigenvalue weighted by Crippen LogP contribution is 2.29. The normalized spacial score (nSPS) is 11.5. The van der Waals surface area contributed by atoms with Crippen molar-refractivity contribution in [1.82, 2.24) is 15.3 Å². The van der Waals surface area contributed by atoms with Gasteiger partial charge >= 0.3 is 6.18 Å². The van der Waals surface area contributed by atoms with E-state index in [0.29, 0.717) is 42.5 Å². The number of ether oxygens (including phenoxy) is 2. The summed E-state index contributed by atoms with van der Waals surface area (Å²) in [5.74, 6) is 0.384. The van der Waals surface area contributed by atoms with Crippen LogP contribution in [-0.4, -0.2) is 37.3 Å². The van der Waals surface area contributed by atoms with Gasteiger partial charge in [0.15, 0.2) is 0 Å². The monoisotopic (exact) mass is 341 g/mol. The largest absolute Gasteiger partial charge is 0.475 e. The van der Waals surface area contributed by atoms with Crippen LogP contribution >= 0.6 is 0 Å². The molecule has 0 aliphatic rings. The van der Waals surface area contributed by atoms with Crippen molar-refractivity contribution in [3.63, 3.8) is 0 Å². The molecule has 8 heteroatoms. The molecule has 24 heavy (non-hydrogen) atoms. The highest BCUT2D eigenvalue weighted by atomic mass is 19.4. The third-order valence-corrected chi connectivity index (χ3v) is 3.14. The first kappa shape index (κ1) is 18.2. The molecule has 1 N–H and O–H groups in total. The van der Waals surface area contributed by atoms with Crippen LogP contribution in [0.2, 0.25) is 0 Å². The minimum absolute atomic E-state index is 0.331. The molecule has 0 fully saturated rings. The van der Waals surface area contributed by atoms with Gasteiger partial charge in [-0.1, -0.05) is 6.07 Å². The summed E-state index contributed by atoms with van der Waals surface area (Å²) in [5.41, 5.74) is 1.03. The van der Waals surface area contributed by atoms with Gasteiger partial charge < -0.3 is 14.8 Å². The van der Waals surface area contributed by atoms with Crippen molar-refractivity contribution < 1.29 is 22.6 Å². The average Bonchev–Trinajstić information content (AvgIpc) is 2.55. The molecular weight excluding hydrogens is 323 g/mol. The summed E-state index contributed by atoms with van der Waals surface area (Å²) in [7, 11) is 3.34. The van der Waals surface area contributed by atoms with Crippen LogP contribution in [0.3, 0.4) is 0 Å². The predicted octanol–water partition coefficient (Wildman–Crippen LogP) is 2.91. The number of pyridine rings is 2. The zero-order valence-electron chi connectivity index (χ0n) is 13.4. The number of aromatic nitrogens is 2. The minimum atomic E-state index is -4.46. The summed E-state index contributed by atoms with van der Waals surface area (Å²) in [6, 6.07) is 5.79. The van der Waals surface area contributed by atoms with Crippen LogP contribution in [0.25, 0.3) is 11.1 Å². The Morgan fingerprint density at radius 1 is 1.12 bits per heavy atom. The molecule has 2 heterocycles. The lowest BCUT2D eigenvalue weighted by molar-refractivity contribution is -0.141. The van der Waals surface area contributed by atoms with E-state index in [1.165, 1.54) is 12.3 Å². The van der Waals surface area contributed by atoms with Crippen LogP contribution in [0.4, 0.5) is 13.2 Å². The first-order chi connectivity index (χ1) is 11.4. The van der Waals surface area contributed by atoms with Gasteiger partial charge in [0.1, 0.15) is 12.3 Å². The maximum atomic E-state index is 12.6. The molecule has 0 spiro atoms. The van der Waals surface area contributed by atoms with Crippen LogP contribution in [-0.2, 0) is 17.5 Å². The van der Waals surface area contributed by atoms with Crippen LogP contribution in [0.1, 0.15) is 11.4 Å². The quantitative estimate of drug-likeness (QED) is 0.785. The van der Waals surface area contributed by atoms with E-state index in [9.17, 15) is 13.2 Å². The Bertz CT molecular complexity index is 661. The van der Waals surface area contributed by atoms with Gasteiger partial charge in [-0.25, -0.2) is 4.98 Å². The maximum Gasteiger partial charge on any atom is 0.433 e. The highest BCUT2D eigenvalue weighted by molar-refractivity contribution is 5.64. The Kier molecular flexibility index (Phi) is 6.10. The van der Waals surface area contributed by atoms with Crippen molar-refractivity contribution in [3.8, 4) is 17.0 Å². The molecule has 0 radical (unpaired) electrons. The van der Waals surface area contributed by atoms with E-state index in [0.717, 1.165) is 6.07 Å². The van der Waals surface area contributed by atoms with Crippen molar-refractivity contribution in [2.24, 2.45) is 0 Å². The van der Waals surface area contributed by atoms with E-state index in [2.05, 4.69) is 15.3 Å². The highest BCUT2D eigenvalue weighted by Gasteiger charge is 2.32. The van der Waals surface area contributed by atoms with Crippen molar-refractivity contribution in [2.75, 3.05) is 27.4 Å². The van der Waals surface area contributed by atoms with Crippen LogP contribution in [0, 0.1) is 0 Å². The fourth-order valence-corrected chi connectivity index (χ4v) is 2.03. The molecule has 2 aromatic heterocycles. The Labute approximate surface area is 137 Å². The zero-order valence-corrected chi connectivity index (χ0v) is 13.4. The zero-order chi connectivity index (χ0) is 17.6. The van der Waals surface area contributed by atoms with Gasteiger partial charge in [0.25, 0.3) is 0 Å². The van der Waals surface area contributed by atoms with Crippen LogP contribution in [0.5, 0.6) is 5.88 Å². The number of methoxy groups -OCH3 is 1. The third-order valence-electron chi connectivity index (χ3n) is 3.14. The number of hydrogen-bond acceptors (Lipinski definition) is 5. The Balaban J connectivity index is 2.30. The second-order valence-corrected chi connectivity index (χ2v) is 4.99. The number of alkyl halides is 3. The van der Waals surface area contributed by atoms with Crippen LogP contribution in [0.15, 0.2) is 30.5 Å². The lowest BCUT2D eigenvalue weighted by Crippen LogP contribution is -2.10. The number of rotatable bonds is 7. The summed E-state index contributed by atoms with van der Waals surface area (Å²) in [5, 5.41) is 2.98.